The van der Waals surface area contributed by atoms with E-state index in [1.165, 1.54) is 6.33 Å². The minimum Gasteiger partial charge on any atom is -0.480 e. The summed E-state index contributed by atoms with van der Waals surface area (Å²) in [7, 11) is 0. The van der Waals surface area contributed by atoms with E-state index in [-0.39, 0.29) is 6.42 Å². The highest BCUT2D eigenvalue weighted by Gasteiger charge is 2.14. The molecule has 0 saturated carbocycles. The normalized spacial score (nSPS) is 13.0. The Labute approximate surface area is 302 Å². The summed E-state index contributed by atoms with van der Waals surface area (Å²) in [6, 6.07) is 5.59. The zero-order valence-corrected chi connectivity index (χ0v) is 30.3. The number of benzene rings is 1. The number of carbonyl (C=O) groups is 5. The molecule has 0 amide bonds. The number of nitrogens with zero attached hydrogens (tertiary/aromatic N) is 1. The van der Waals surface area contributed by atoms with Crippen molar-refractivity contribution in [2.24, 2.45) is 40.3 Å². The van der Waals surface area contributed by atoms with Crippen molar-refractivity contribution in [2.45, 2.75) is 89.0 Å². The highest BCUT2D eigenvalue weighted by Crippen LogP contribution is 2.03. The third kappa shape index (κ3) is 32.8. The molecular formula is C32H58N8O10S. The molecule has 1 heterocycles. The number of rotatable bonds is 18. The Kier molecular flexibility index (Phi) is 32.0. The second-order valence-corrected chi connectivity index (χ2v) is 12.4. The van der Waals surface area contributed by atoms with Crippen molar-refractivity contribution in [3.05, 3.63) is 54.1 Å². The summed E-state index contributed by atoms with van der Waals surface area (Å²) in [5, 5.41) is 41.8. The first-order valence-electron chi connectivity index (χ1n) is 15.9. The fourth-order valence-electron chi connectivity index (χ4n) is 3.28. The highest BCUT2D eigenvalue weighted by molar-refractivity contribution is 7.98. The van der Waals surface area contributed by atoms with Gasteiger partial charge in [-0.1, -0.05) is 50.6 Å². The number of carboxylic acid groups (broad SMARTS) is 5. The Morgan fingerprint density at radius 1 is 0.706 bits per heavy atom. The second kappa shape index (κ2) is 31.8. The lowest BCUT2D eigenvalue weighted by Crippen LogP contribution is -2.32. The third-order valence-corrected chi connectivity index (χ3v) is 6.84. The van der Waals surface area contributed by atoms with Crippen molar-refractivity contribution < 1.29 is 49.5 Å². The second-order valence-electron chi connectivity index (χ2n) is 11.4. The standard InChI is InChI=1S/C9H11NO2.C6H9N3O2.C6H14N2O2.C6H13NO2.C5H11NO2S/c10-8(9(11)12)6-7-4-2-1-3-5-7;7-5(6(10)11)1-4-2-8-3-9-4;7-4-2-1-3-5(8)6(9)10;1-4(2)3-5(7)6(8)9;1-9-3-2-4(6)5(7)8/h1-5,8H,6,10H2,(H,11,12);2-3,5H,1,7H2,(H,8,9)(H,10,11);5H,1-4,7-8H2,(H,9,10);4-5H,3,7H2,1-2H3,(H,8,9);4H,2-3,6H2,1H3,(H,7,8). The van der Waals surface area contributed by atoms with E-state index in [1.54, 1.807) is 18.0 Å². The van der Waals surface area contributed by atoms with Gasteiger partial charge < -0.3 is 64.9 Å². The van der Waals surface area contributed by atoms with Gasteiger partial charge in [-0.15, -0.1) is 0 Å². The minimum atomic E-state index is -1.01. The molecule has 0 radical (unpaired) electrons. The van der Waals surface area contributed by atoms with E-state index in [9.17, 15) is 24.0 Å². The van der Waals surface area contributed by atoms with E-state index in [4.69, 9.17) is 59.9 Å². The zero-order valence-electron chi connectivity index (χ0n) is 29.5. The summed E-state index contributed by atoms with van der Waals surface area (Å²) in [5.74, 6) is -3.55. The summed E-state index contributed by atoms with van der Waals surface area (Å²) >= 11 is 1.60. The first kappa shape index (κ1) is 51.3. The molecule has 1 aromatic heterocycles. The fraction of sp³-hybridized carbons (Fsp3) is 0.562. The highest BCUT2D eigenvalue weighted by atomic mass is 32.2. The SMILES string of the molecule is CC(C)CC(N)C(=O)O.CSCCC(N)C(=O)O.NC(Cc1c[nH]cn1)C(=O)O.NC(Cc1ccccc1)C(=O)O.NCCCCC(N)C(=O)O. The van der Waals surface area contributed by atoms with Crippen LogP contribution in [0.4, 0.5) is 0 Å². The van der Waals surface area contributed by atoms with E-state index in [1.807, 2.05) is 50.4 Å². The average molecular weight is 747 g/mol. The average Bonchev–Trinajstić information content (AvgIpc) is 3.58. The van der Waals surface area contributed by atoms with Crippen molar-refractivity contribution in [3.8, 4) is 0 Å². The molecule has 51 heavy (non-hydrogen) atoms. The van der Waals surface area contributed by atoms with Gasteiger partial charge in [-0.2, -0.15) is 11.8 Å². The van der Waals surface area contributed by atoms with Crippen LogP contribution in [0.25, 0.3) is 0 Å². The number of unbranched alkanes of at least 4 members (excludes halogenated alkanes) is 1. The lowest BCUT2D eigenvalue weighted by Gasteiger charge is -2.07. The molecule has 1 aromatic carbocycles. The lowest BCUT2D eigenvalue weighted by molar-refractivity contribution is -0.139. The van der Waals surface area contributed by atoms with E-state index in [0.29, 0.717) is 43.8 Å². The molecule has 2 rings (SSSR count). The van der Waals surface area contributed by atoms with E-state index in [2.05, 4.69) is 9.97 Å². The fourth-order valence-corrected chi connectivity index (χ4v) is 3.77. The van der Waals surface area contributed by atoms with Crippen molar-refractivity contribution in [2.75, 3.05) is 18.6 Å². The number of hydrogen-bond acceptors (Lipinski definition) is 13. The Hall–Kier alpha value is -4.11. The van der Waals surface area contributed by atoms with Gasteiger partial charge in [0.1, 0.15) is 30.2 Å². The number of H-pyrrole nitrogens is 1. The molecule has 0 aliphatic carbocycles. The van der Waals surface area contributed by atoms with Gasteiger partial charge >= 0.3 is 29.8 Å². The van der Waals surface area contributed by atoms with Crippen molar-refractivity contribution >= 4 is 41.6 Å². The molecule has 18 nitrogen and oxygen atoms in total. The van der Waals surface area contributed by atoms with Gasteiger partial charge in [-0.3, -0.25) is 24.0 Å². The predicted molar refractivity (Wildman–Crippen MR) is 196 cm³/mol. The largest absolute Gasteiger partial charge is 0.480 e. The maximum Gasteiger partial charge on any atom is 0.320 e. The molecule has 0 spiro atoms. The van der Waals surface area contributed by atoms with E-state index in [0.717, 1.165) is 24.2 Å². The van der Waals surface area contributed by atoms with Crippen molar-refractivity contribution in [1.29, 1.82) is 0 Å². The van der Waals surface area contributed by atoms with Crippen LogP contribution in [0.3, 0.4) is 0 Å². The monoisotopic (exact) mass is 746 g/mol. The van der Waals surface area contributed by atoms with Crippen molar-refractivity contribution in [3.63, 3.8) is 0 Å². The van der Waals surface area contributed by atoms with Gasteiger partial charge in [0.15, 0.2) is 0 Å². The molecule has 2 aromatic rings. The molecule has 0 saturated heterocycles. The number of nitrogens with one attached hydrogen (secondary N) is 1. The van der Waals surface area contributed by atoms with E-state index < -0.39 is 60.1 Å². The van der Waals surface area contributed by atoms with Crippen LogP contribution in [-0.2, 0) is 36.8 Å². The lowest BCUT2D eigenvalue weighted by atomic mass is 10.1. The first-order chi connectivity index (χ1) is 23.8. The van der Waals surface area contributed by atoms with Gasteiger partial charge in [0.25, 0.3) is 0 Å². The van der Waals surface area contributed by atoms with Crippen LogP contribution < -0.4 is 34.4 Å². The molecule has 18 N–H and O–H groups in total. The van der Waals surface area contributed by atoms with Gasteiger partial charge in [0, 0.05) is 12.6 Å². The summed E-state index contributed by atoms with van der Waals surface area (Å²) in [6.45, 7) is 4.50. The Morgan fingerprint density at radius 2 is 1.18 bits per heavy atom. The van der Waals surface area contributed by atoms with Gasteiger partial charge in [0.05, 0.1) is 12.0 Å². The smallest absolute Gasteiger partial charge is 0.320 e. The molecule has 0 aliphatic heterocycles. The summed E-state index contributed by atoms with van der Waals surface area (Å²) < 4.78 is 0. The Morgan fingerprint density at radius 3 is 1.55 bits per heavy atom. The molecule has 0 aliphatic rings. The summed E-state index contributed by atoms with van der Waals surface area (Å²) in [6.07, 6.45) is 8.96. The maximum absolute atomic E-state index is 10.4. The Bertz CT molecular complexity index is 1210. The van der Waals surface area contributed by atoms with Gasteiger partial charge in [0.2, 0.25) is 0 Å². The molecule has 5 atom stereocenters. The van der Waals surface area contributed by atoms with Crippen LogP contribution in [0.15, 0.2) is 42.9 Å². The van der Waals surface area contributed by atoms with Crippen LogP contribution in [-0.4, -0.2) is 114 Å². The Balaban J connectivity index is -0.000000568. The number of thioether (sulfide) groups is 1. The number of nitrogens with two attached hydrogens (primary N) is 6. The van der Waals surface area contributed by atoms with Crippen LogP contribution in [0, 0.1) is 5.92 Å². The predicted octanol–water partition coefficient (Wildman–Crippen LogP) is 0.128. The number of carboxylic acids is 5. The quantitative estimate of drug-likeness (QED) is 0.0901. The topological polar surface area (TPSA) is 371 Å². The van der Waals surface area contributed by atoms with Crippen LogP contribution >= 0.6 is 11.8 Å². The number of aliphatic carboxylic acids is 5. The first-order valence-corrected chi connectivity index (χ1v) is 17.3. The summed E-state index contributed by atoms with van der Waals surface area (Å²) in [5.41, 5.74) is 33.0. The number of aromatic amines is 1. The van der Waals surface area contributed by atoms with Crippen LogP contribution in [0.1, 0.15) is 57.2 Å². The van der Waals surface area contributed by atoms with Crippen LogP contribution in [0.2, 0.25) is 0 Å². The zero-order chi connectivity index (χ0) is 39.9. The van der Waals surface area contributed by atoms with Crippen LogP contribution in [0.5, 0.6) is 0 Å². The molecule has 19 heteroatoms. The summed E-state index contributed by atoms with van der Waals surface area (Å²) in [4.78, 5) is 57.5. The molecule has 292 valence electrons. The molecule has 5 unspecified atom stereocenters. The van der Waals surface area contributed by atoms with Gasteiger partial charge in [-0.25, -0.2) is 4.98 Å². The number of aromatic nitrogens is 2. The van der Waals surface area contributed by atoms with E-state index >= 15 is 0 Å². The molecular weight excluding hydrogens is 688 g/mol. The maximum atomic E-state index is 10.4. The third-order valence-electron chi connectivity index (χ3n) is 6.20. The molecule has 0 fully saturated rings. The molecule has 0 bridgehead atoms. The van der Waals surface area contributed by atoms with Crippen molar-refractivity contribution in [1.82, 2.24) is 9.97 Å². The van der Waals surface area contributed by atoms with Gasteiger partial charge in [-0.05, 0) is 62.1 Å². The number of hydrogen-bond donors (Lipinski definition) is 12. The number of imidazole rings is 1. The minimum absolute atomic E-state index is 0.263.